The quantitative estimate of drug-likeness (QED) is 0.528. The van der Waals surface area contributed by atoms with Crippen molar-refractivity contribution in [1.29, 1.82) is 0 Å². The third kappa shape index (κ3) is 4.64. The Balaban J connectivity index is 1.18. The first-order valence-electron chi connectivity index (χ1n) is 14.1. The third-order valence-electron chi connectivity index (χ3n) is 9.40. The fourth-order valence-electron chi connectivity index (χ4n) is 8.02. The highest BCUT2D eigenvalue weighted by atomic mass is 16.5. The number of carbonyl (C=O) groups excluding carboxylic acids is 2. The fourth-order valence-corrected chi connectivity index (χ4v) is 8.02. The number of fused-ring (bicyclic) bond motifs is 5. The number of amides is 2. The van der Waals surface area contributed by atoms with Crippen LogP contribution < -0.4 is 10.6 Å². The summed E-state index contributed by atoms with van der Waals surface area (Å²) >= 11 is 0. The van der Waals surface area contributed by atoms with E-state index in [1.165, 1.54) is 19.3 Å². The number of hydrogen-bond donors (Lipinski definition) is 2. The lowest BCUT2D eigenvalue weighted by atomic mass is 9.66. The van der Waals surface area contributed by atoms with Crippen LogP contribution >= 0.6 is 0 Å². The van der Waals surface area contributed by atoms with Crippen molar-refractivity contribution in [3.8, 4) is 0 Å². The summed E-state index contributed by atoms with van der Waals surface area (Å²) in [6.07, 6.45) is 9.56. The van der Waals surface area contributed by atoms with E-state index < -0.39 is 6.10 Å². The van der Waals surface area contributed by atoms with Gasteiger partial charge >= 0.3 is 0 Å². The smallest absolute Gasteiger partial charge is 0.248 e. The molecule has 2 amide bonds. The molecule has 0 bridgehead atoms. The molecule has 3 aliphatic heterocycles. The maximum absolute atomic E-state index is 13.7. The molecule has 0 aromatic carbocycles. The minimum atomic E-state index is -0.443. The summed E-state index contributed by atoms with van der Waals surface area (Å²) in [6.45, 7) is 8.27. The highest BCUT2D eigenvalue weighted by Crippen LogP contribution is 2.54. The van der Waals surface area contributed by atoms with Gasteiger partial charge in [-0.15, -0.1) is 0 Å². The monoisotopic (exact) mass is 475 g/mol. The molecule has 34 heavy (non-hydrogen) atoms. The summed E-state index contributed by atoms with van der Waals surface area (Å²) < 4.78 is 11.8. The topological polar surface area (TPSA) is 79.9 Å². The van der Waals surface area contributed by atoms with Gasteiger partial charge in [0.15, 0.2) is 0 Å². The third-order valence-corrected chi connectivity index (χ3v) is 9.40. The molecule has 0 aromatic rings. The first kappa shape index (κ1) is 24.5. The van der Waals surface area contributed by atoms with Gasteiger partial charge in [0.25, 0.3) is 0 Å². The van der Waals surface area contributed by atoms with E-state index >= 15 is 0 Å². The SMILES string of the molecule is CC(C)OCCCNC(=O)[C@@H](C)OC1CCC2C(C1)C1CCNC3C4CCCCC4C(=O)N2C13. The highest BCUT2D eigenvalue weighted by molar-refractivity contribution is 5.82. The summed E-state index contributed by atoms with van der Waals surface area (Å²) in [7, 11) is 0. The molecule has 0 radical (unpaired) electrons. The first-order valence-corrected chi connectivity index (χ1v) is 14.1. The number of hydrogen-bond acceptors (Lipinski definition) is 5. The maximum Gasteiger partial charge on any atom is 0.248 e. The predicted octanol–water partition coefficient (Wildman–Crippen LogP) is 2.87. The average molecular weight is 476 g/mol. The van der Waals surface area contributed by atoms with E-state index in [9.17, 15) is 9.59 Å². The second-order valence-electron chi connectivity index (χ2n) is 11.7. The van der Waals surface area contributed by atoms with Gasteiger partial charge in [0.1, 0.15) is 6.10 Å². The van der Waals surface area contributed by atoms with E-state index in [0.717, 1.165) is 45.1 Å². The van der Waals surface area contributed by atoms with Gasteiger partial charge in [0, 0.05) is 31.2 Å². The number of piperidine rings is 2. The molecule has 3 heterocycles. The molecule has 7 heteroatoms. The van der Waals surface area contributed by atoms with Crippen LogP contribution in [0.2, 0.25) is 0 Å². The highest BCUT2D eigenvalue weighted by Gasteiger charge is 2.61. The molecule has 2 aliphatic carbocycles. The van der Waals surface area contributed by atoms with Crippen LogP contribution in [0, 0.1) is 23.7 Å². The van der Waals surface area contributed by atoms with Crippen molar-refractivity contribution in [3.05, 3.63) is 0 Å². The molecule has 192 valence electrons. The molecule has 0 spiro atoms. The van der Waals surface area contributed by atoms with Crippen LogP contribution in [0.3, 0.4) is 0 Å². The van der Waals surface area contributed by atoms with Crippen LogP contribution in [0.15, 0.2) is 0 Å². The second kappa shape index (κ2) is 10.4. The van der Waals surface area contributed by atoms with Crippen LogP contribution in [-0.4, -0.2) is 72.8 Å². The Bertz CT molecular complexity index is 745. The van der Waals surface area contributed by atoms with Crippen LogP contribution in [0.25, 0.3) is 0 Å². The minimum absolute atomic E-state index is 0.0308. The van der Waals surface area contributed by atoms with Gasteiger partial charge < -0.3 is 25.0 Å². The summed E-state index contributed by atoms with van der Waals surface area (Å²) in [5.41, 5.74) is 0. The van der Waals surface area contributed by atoms with Gasteiger partial charge in [0.2, 0.25) is 11.8 Å². The van der Waals surface area contributed by atoms with Crippen molar-refractivity contribution >= 4 is 11.8 Å². The lowest BCUT2D eigenvalue weighted by molar-refractivity contribution is -0.152. The van der Waals surface area contributed by atoms with Crippen molar-refractivity contribution < 1.29 is 19.1 Å². The van der Waals surface area contributed by atoms with Crippen LogP contribution in [0.4, 0.5) is 0 Å². The number of rotatable bonds is 8. The Morgan fingerprint density at radius 1 is 1.09 bits per heavy atom. The summed E-state index contributed by atoms with van der Waals surface area (Å²) in [6, 6.07) is 1.23. The van der Waals surface area contributed by atoms with E-state index in [2.05, 4.69) is 15.5 Å². The molecule has 5 fully saturated rings. The van der Waals surface area contributed by atoms with E-state index in [0.29, 0.717) is 54.9 Å². The van der Waals surface area contributed by atoms with Crippen molar-refractivity contribution in [1.82, 2.24) is 15.5 Å². The molecule has 5 rings (SSSR count). The molecule has 3 saturated heterocycles. The van der Waals surface area contributed by atoms with Gasteiger partial charge in [-0.05, 0) is 90.0 Å². The van der Waals surface area contributed by atoms with Crippen molar-refractivity contribution in [2.24, 2.45) is 23.7 Å². The fraction of sp³-hybridized carbons (Fsp3) is 0.926. The molecule has 0 aromatic heterocycles. The van der Waals surface area contributed by atoms with Gasteiger partial charge in [-0.2, -0.15) is 0 Å². The van der Waals surface area contributed by atoms with Crippen LogP contribution in [0.1, 0.15) is 78.6 Å². The number of nitrogens with one attached hydrogen (secondary N) is 2. The molecule has 9 atom stereocenters. The zero-order valence-corrected chi connectivity index (χ0v) is 21.3. The zero-order chi connectivity index (χ0) is 23.8. The Morgan fingerprint density at radius 3 is 2.74 bits per heavy atom. The summed E-state index contributed by atoms with van der Waals surface area (Å²) in [5, 5.41) is 6.85. The Morgan fingerprint density at radius 2 is 1.91 bits per heavy atom. The lowest BCUT2D eigenvalue weighted by Gasteiger charge is -2.52. The Labute approximate surface area is 205 Å². The van der Waals surface area contributed by atoms with Crippen molar-refractivity contribution in [2.75, 3.05) is 19.7 Å². The second-order valence-corrected chi connectivity index (χ2v) is 11.7. The number of ether oxygens (including phenoxy) is 2. The van der Waals surface area contributed by atoms with Crippen LogP contribution in [-0.2, 0) is 19.1 Å². The standard InChI is InChI=1S/C27H45N3O4/c1-16(2)33-14-6-12-29-26(31)17(3)34-18-9-10-23-22(15-18)20-11-13-28-24-19-7-4-5-8-21(19)27(32)30(23)25(20)24/h16-25,28H,4-15H2,1-3H3,(H,29,31)/t17-,18?,19?,20?,21?,22?,23?,24?,25?/m1/s1. The molecule has 7 nitrogen and oxygen atoms in total. The Kier molecular flexibility index (Phi) is 7.52. The molecule has 2 N–H and O–H groups in total. The van der Waals surface area contributed by atoms with Gasteiger partial charge in [-0.1, -0.05) is 12.8 Å². The van der Waals surface area contributed by atoms with E-state index in [1.54, 1.807) is 0 Å². The maximum atomic E-state index is 13.7. The first-order chi connectivity index (χ1) is 16.5. The zero-order valence-electron chi connectivity index (χ0n) is 21.3. The lowest BCUT2D eigenvalue weighted by Crippen LogP contribution is -2.66. The van der Waals surface area contributed by atoms with Crippen molar-refractivity contribution in [2.45, 2.75) is 115 Å². The van der Waals surface area contributed by atoms with E-state index in [1.807, 2.05) is 20.8 Å². The van der Waals surface area contributed by atoms with Gasteiger partial charge in [0.05, 0.1) is 18.2 Å². The molecular formula is C27H45N3O4. The van der Waals surface area contributed by atoms with Crippen molar-refractivity contribution in [3.63, 3.8) is 0 Å². The Hall–Kier alpha value is -1.18. The largest absolute Gasteiger partial charge is 0.379 e. The van der Waals surface area contributed by atoms with Gasteiger partial charge in [-0.3, -0.25) is 9.59 Å². The van der Waals surface area contributed by atoms with Gasteiger partial charge in [-0.25, -0.2) is 0 Å². The van der Waals surface area contributed by atoms with E-state index in [4.69, 9.17) is 9.47 Å². The predicted molar refractivity (Wildman–Crippen MR) is 130 cm³/mol. The molecular weight excluding hydrogens is 430 g/mol. The van der Waals surface area contributed by atoms with E-state index in [-0.39, 0.29) is 24.0 Å². The summed E-state index contributed by atoms with van der Waals surface area (Å²) in [5.74, 6) is 2.30. The molecule has 2 saturated carbocycles. The molecule has 5 aliphatic rings. The summed E-state index contributed by atoms with van der Waals surface area (Å²) in [4.78, 5) is 28.6. The average Bonchev–Trinajstić information content (AvgIpc) is 3.17. The number of nitrogens with zero attached hydrogens (tertiary/aromatic N) is 1. The molecule has 8 unspecified atom stereocenters. The minimum Gasteiger partial charge on any atom is -0.379 e. The van der Waals surface area contributed by atoms with Crippen LogP contribution in [0.5, 0.6) is 0 Å². The normalized spacial score (nSPS) is 39.9. The number of carbonyl (C=O) groups is 2.